The summed E-state index contributed by atoms with van der Waals surface area (Å²) in [7, 11) is 0. The van der Waals surface area contributed by atoms with Crippen LogP contribution in [0.15, 0.2) is 54.7 Å². The summed E-state index contributed by atoms with van der Waals surface area (Å²) in [5.74, 6) is 0.447. The first-order valence-corrected chi connectivity index (χ1v) is 7.16. The van der Waals surface area contributed by atoms with Crippen LogP contribution in [0.25, 0.3) is 10.9 Å². The van der Waals surface area contributed by atoms with Crippen molar-refractivity contribution in [3.8, 4) is 0 Å². The van der Waals surface area contributed by atoms with E-state index in [1.54, 1.807) is 6.20 Å². The molecule has 21 heavy (non-hydrogen) atoms. The zero-order valence-electron chi connectivity index (χ0n) is 12.3. The van der Waals surface area contributed by atoms with Crippen molar-refractivity contribution in [2.75, 3.05) is 11.1 Å². The maximum atomic E-state index is 6.14. The van der Waals surface area contributed by atoms with E-state index in [2.05, 4.69) is 42.3 Å². The van der Waals surface area contributed by atoms with Crippen LogP contribution in [0.1, 0.15) is 25.3 Å². The first kappa shape index (κ1) is 13.4. The standard InChI is InChI=1S/C18H19N3/c1-12(2)13-7-3-6-10-17(13)21-18-14-8-4-5-9-16(14)20-11-15(18)19/h3-12H,19H2,1-2H3,(H,20,21). The Kier molecular flexibility index (Phi) is 3.48. The van der Waals surface area contributed by atoms with Crippen molar-refractivity contribution in [1.82, 2.24) is 4.98 Å². The van der Waals surface area contributed by atoms with Crippen molar-refractivity contribution < 1.29 is 0 Å². The van der Waals surface area contributed by atoms with Gasteiger partial charge in [-0.1, -0.05) is 50.2 Å². The van der Waals surface area contributed by atoms with Gasteiger partial charge in [0.1, 0.15) is 0 Å². The van der Waals surface area contributed by atoms with Gasteiger partial charge in [0.05, 0.1) is 23.1 Å². The summed E-state index contributed by atoms with van der Waals surface area (Å²) in [5, 5.41) is 4.54. The Morgan fingerprint density at radius 1 is 1.00 bits per heavy atom. The Morgan fingerprint density at radius 2 is 1.71 bits per heavy atom. The molecule has 106 valence electrons. The van der Waals surface area contributed by atoms with E-state index in [9.17, 15) is 0 Å². The number of para-hydroxylation sites is 2. The minimum Gasteiger partial charge on any atom is -0.396 e. The molecule has 1 aromatic heterocycles. The highest BCUT2D eigenvalue weighted by molar-refractivity contribution is 5.98. The number of nitrogens with two attached hydrogens (primary N) is 1. The van der Waals surface area contributed by atoms with Crippen molar-refractivity contribution >= 4 is 28.0 Å². The van der Waals surface area contributed by atoms with Gasteiger partial charge >= 0.3 is 0 Å². The zero-order chi connectivity index (χ0) is 14.8. The van der Waals surface area contributed by atoms with Crippen molar-refractivity contribution in [3.05, 3.63) is 60.3 Å². The van der Waals surface area contributed by atoms with E-state index in [4.69, 9.17) is 5.73 Å². The largest absolute Gasteiger partial charge is 0.396 e. The van der Waals surface area contributed by atoms with Crippen LogP contribution in [0.3, 0.4) is 0 Å². The van der Waals surface area contributed by atoms with Gasteiger partial charge in [-0.2, -0.15) is 0 Å². The fourth-order valence-electron chi connectivity index (χ4n) is 2.55. The van der Waals surface area contributed by atoms with Crippen LogP contribution in [0, 0.1) is 0 Å². The molecule has 3 nitrogen and oxygen atoms in total. The molecule has 0 spiro atoms. The molecule has 3 heteroatoms. The Labute approximate surface area is 124 Å². The number of nitrogen functional groups attached to an aromatic ring is 1. The molecule has 3 aromatic rings. The van der Waals surface area contributed by atoms with Gasteiger partial charge in [0, 0.05) is 11.1 Å². The van der Waals surface area contributed by atoms with Crippen LogP contribution in [0.4, 0.5) is 17.1 Å². The zero-order valence-corrected chi connectivity index (χ0v) is 12.3. The normalized spacial score (nSPS) is 11.0. The van der Waals surface area contributed by atoms with Crippen LogP contribution in [0.5, 0.6) is 0 Å². The van der Waals surface area contributed by atoms with E-state index in [1.165, 1.54) is 5.56 Å². The number of fused-ring (bicyclic) bond motifs is 1. The number of nitrogens with one attached hydrogen (secondary N) is 1. The van der Waals surface area contributed by atoms with Gasteiger partial charge in [0.25, 0.3) is 0 Å². The molecule has 0 aliphatic rings. The first-order chi connectivity index (χ1) is 10.2. The van der Waals surface area contributed by atoms with E-state index >= 15 is 0 Å². The fourth-order valence-corrected chi connectivity index (χ4v) is 2.55. The Morgan fingerprint density at radius 3 is 2.52 bits per heavy atom. The molecular formula is C18H19N3. The van der Waals surface area contributed by atoms with Crippen molar-refractivity contribution in [2.45, 2.75) is 19.8 Å². The second kappa shape index (κ2) is 5.44. The highest BCUT2D eigenvalue weighted by Gasteiger charge is 2.10. The topological polar surface area (TPSA) is 50.9 Å². The summed E-state index contributed by atoms with van der Waals surface area (Å²) in [6.07, 6.45) is 1.71. The summed E-state index contributed by atoms with van der Waals surface area (Å²) in [6, 6.07) is 16.4. The molecule has 0 aliphatic heterocycles. The Hall–Kier alpha value is -2.55. The molecule has 0 bridgehead atoms. The van der Waals surface area contributed by atoms with Crippen molar-refractivity contribution in [1.29, 1.82) is 0 Å². The maximum Gasteiger partial charge on any atom is 0.0746 e. The third-order valence-corrected chi connectivity index (χ3v) is 3.65. The molecule has 3 rings (SSSR count). The highest BCUT2D eigenvalue weighted by Crippen LogP contribution is 2.33. The Balaban J connectivity index is 2.12. The van der Waals surface area contributed by atoms with Crippen LogP contribution >= 0.6 is 0 Å². The molecule has 0 amide bonds. The molecule has 0 unspecified atom stereocenters. The van der Waals surface area contributed by atoms with Crippen LogP contribution in [-0.2, 0) is 0 Å². The SMILES string of the molecule is CC(C)c1ccccc1Nc1c(N)cnc2ccccc12. The minimum absolute atomic E-state index is 0.447. The summed E-state index contributed by atoms with van der Waals surface area (Å²) < 4.78 is 0. The minimum atomic E-state index is 0.447. The van der Waals surface area contributed by atoms with Crippen molar-refractivity contribution in [2.24, 2.45) is 0 Å². The smallest absolute Gasteiger partial charge is 0.0746 e. The predicted molar refractivity (Wildman–Crippen MR) is 90.0 cm³/mol. The number of hydrogen-bond acceptors (Lipinski definition) is 3. The second-order valence-corrected chi connectivity index (χ2v) is 5.47. The lowest BCUT2D eigenvalue weighted by Gasteiger charge is -2.17. The van der Waals surface area contributed by atoms with E-state index in [-0.39, 0.29) is 0 Å². The second-order valence-electron chi connectivity index (χ2n) is 5.47. The van der Waals surface area contributed by atoms with Gasteiger partial charge in [0.15, 0.2) is 0 Å². The molecule has 0 atom stereocenters. The van der Waals surface area contributed by atoms with Crippen LogP contribution in [-0.4, -0.2) is 4.98 Å². The molecule has 0 saturated heterocycles. The molecule has 1 heterocycles. The molecule has 0 aliphatic carbocycles. The monoisotopic (exact) mass is 277 g/mol. The van der Waals surface area contributed by atoms with Crippen molar-refractivity contribution in [3.63, 3.8) is 0 Å². The first-order valence-electron chi connectivity index (χ1n) is 7.16. The maximum absolute atomic E-state index is 6.14. The number of aromatic nitrogens is 1. The molecule has 3 N–H and O–H groups in total. The number of rotatable bonds is 3. The number of benzene rings is 2. The van der Waals surface area contributed by atoms with Gasteiger partial charge in [0.2, 0.25) is 0 Å². The quantitative estimate of drug-likeness (QED) is 0.730. The summed E-state index contributed by atoms with van der Waals surface area (Å²) in [6.45, 7) is 4.38. The number of hydrogen-bond donors (Lipinski definition) is 2. The van der Waals surface area contributed by atoms with E-state index < -0.39 is 0 Å². The van der Waals surface area contributed by atoms with Gasteiger partial charge in [-0.25, -0.2) is 0 Å². The number of nitrogens with zero attached hydrogens (tertiary/aromatic N) is 1. The average Bonchev–Trinajstić information content (AvgIpc) is 2.50. The third kappa shape index (κ3) is 2.55. The molecule has 0 radical (unpaired) electrons. The predicted octanol–water partition coefficient (Wildman–Crippen LogP) is 4.68. The lowest BCUT2D eigenvalue weighted by molar-refractivity contribution is 0.869. The number of pyridine rings is 1. The summed E-state index contributed by atoms with van der Waals surface area (Å²) in [5.41, 5.74) is 11.0. The molecule has 2 aromatic carbocycles. The van der Waals surface area contributed by atoms with Crippen LogP contribution < -0.4 is 11.1 Å². The van der Waals surface area contributed by atoms with E-state index in [1.807, 2.05) is 30.3 Å². The third-order valence-electron chi connectivity index (χ3n) is 3.65. The fraction of sp³-hybridized carbons (Fsp3) is 0.167. The number of anilines is 3. The Bertz CT molecular complexity index is 778. The van der Waals surface area contributed by atoms with E-state index in [0.29, 0.717) is 11.6 Å². The van der Waals surface area contributed by atoms with Gasteiger partial charge in [-0.3, -0.25) is 4.98 Å². The van der Waals surface area contributed by atoms with Crippen LogP contribution in [0.2, 0.25) is 0 Å². The summed E-state index contributed by atoms with van der Waals surface area (Å²) >= 11 is 0. The lowest BCUT2D eigenvalue weighted by atomic mass is 10.0. The highest BCUT2D eigenvalue weighted by atomic mass is 14.9. The van der Waals surface area contributed by atoms with Gasteiger partial charge < -0.3 is 11.1 Å². The molecule has 0 saturated carbocycles. The lowest BCUT2D eigenvalue weighted by Crippen LogP contribution is -2.02. The summed E-state index contributed by atoms with van der Waals surface area (Å²) in [4.78, 5) is 4.38. The molecule has 0 fully saturated rings. The van der Waals surface area contributed by atoms with Gasteiger partial charge in [-0.05, 0) is 23.6 Å². The van der Waals surface area contributed by atoms with Gasteiger partial charge in [-0.15, -0.1) is 0 Å². The molecular weight excluding hydrogens is 258 g/mol. The van der Waals surface area contributed by atoms with E-state index in [0.717, 1.165) is 22.3 Å². The average molecular weight is 277 g/mol.